The fourth-order valence-corrected chi connectivity index (χ4v) is 3.53. The van der Waals surface area contributed by atoms with Crippen molar-refractivity contribution in [3.05, 3.63) is 53.1 Å². The first-order chi connectivity index (χ1) is 13.7. The van der Waals surface area contributed by atoms with E-state index in [0.29, 0.717) is 21.7 Å². The molecule has 0 aliphatic carbocycles. The van der Waals surface area contributed by atoms with Gasteiger partial charge in [-0.3, -0.25) is 19.1 Å². The second kappa shape index (κ2) is 7.07. The summed E-state index contributed by atoms with van der Waals surface area (Å²) >= 11 is 6.33. The quantitative estimate of drug-likeness (QED) is 0.706. The predicted octanol–water partition coefficient (Wildman–Crippen LogP) is 3.04. The van der Waals surface area contributed by atoms with Crippen LogP contribution in [0.2, 0.25) is 5.02 Å². The molecule has 150 valence electrons. The second-order valence-electron chi connectivity index (χ2n) is 6.89. The van der Waals surface area contributed by atoms with Gasteiger partial charge in [-0.1, -0.05) is 11.6 Å². The molecule has 0 atom stereocenters. The molecule has 3 aromatic heterocycles. The van der Waals surface area contributed by atoms with Gasteiger partial charge < -0.3 is 10.6 Å². The monoisotopic (exact) mass is 419 g/mol. The number of nitrogens with two attached hydrogens (primary N) is 1. The maximum absolute atomic E-state index is 13.3. The molecule has 4 rings (SSSR count). The highest BCUT2D eigenvalue weighted by Gasteiger charge is 2.36. The van der Waals surface area contributed by atoms with Crippen LogP contribution in [0.1, 0.15) is 33.6 Å². The molecule has 0 saturated carbocycles. The van der Waals surface area contributed by atoms with Gasteiger partial charge in [0, 0.05) is 49.9 Å². The van der Waals surface area contributed by atoms with Crippen molar-refractivity contribution in [3.63, 3.8) is 0 Å². The Kier molecular flexibility index (Phi) is 4.70. The number of amides is 2. The molecule has 29 heavy (non-hydrogen) atoms. The van der Waals surface area contributed by atoms with E-state index in [1.807, 2.05) is 0 Å². The summed E-state index contributed by atoms with van der Waals surface area (Å²) in [6.45, 7) is -0.0195. The lowest BCUT2D eigenvalue weighted by atomic mass is 10.1. The van der Waals surface area contributed by atoms with Crippen molar-refractivity contribution in [2.24, 2.45) is 5.73 Å². The normalized spacial score (nSPS) is 16.2. The first-order valence-corrected chi connectivity index (χ1v) is 9.22. The topological polar surface area (TPSA) is 94.1 Å². The molecule has 7 nitrogen and oxygen atoms in total. The van der Waals surface area contributed by atoms with Gasteiger partial charge in [-0.05, 0) is 12.1 Å². The Morgan fingerprint density at radius 3 is 2.52 bits per heavy atom. The average molecular weight is 420 g/mol. The van der Waals surface area contributed by atoms with Crippen molar-refractivity contribution in [2.45, 2.75) is 18.8 Å². The maximum Gasteiger partial charge on any atom is 0.255 e. The zero-order valence-corrected chi connectivity index (χ0v) is 15.9. The molecule has 10 heteroatoms. The number of likely N-dealkylation sites (tertiary alicyclic amines) is 1. The molecular formula is C19H16ClF2N5O2. The van der Waals surface area contributed by atoms with E-state index < -0.39 is 11.8 Å². The van der Waals surface area contributed by atoms with Crippen LogP contribution < -0.4 is 5.73 Å². The standard InChI is InChI=1S/C19H16ClF2N5O2/c20-15-10-27(13-5-11(16(23)28)7-24-9-13)17-14(15)6-12(8-25-17)18(29)26-3-1-19(21,22)2-4-26/h5-10H,1-4H2,(H2,23,28). The van der Waals surface area contributed by atoms with Crippen LogP contribution in [0.4, 0.5) is 8.78 Å². The molecule has 0 radical (unpaired) electrons. The Balaban J connectivity index is 1.68. The molecule has 0 spiro atoms. The molecule has 0 unspecified atom stereocenters. The number of hydrogen-bond donors (Lipinski definition) is 1. The van der Waals surface area contributed by atoms with Crippen LogP contribution in [0.15, 0.2) is 36.9 Å². The number of primary amides is 1. The summed E-state index contributed by atoms with van der Waals surface area (Å²) in [5, 5.41) is 0.862. The Morgan fingerprint density at radius 1 is 1.10 bits per heavy atom. The molecule has 1 fully saturated rings. The molecule has 0 bridgehead atoms. The Labute approximate surface area is 169 Å². The third-order valence-electron chi connectivity index (χ3n) is 4.91. The summed E-state index contributed by atoms with van der Waals surface area (Å²) in [5.74, 6) is -3.71. The summed E-state index contributed by atoms with van der Waals surface area (Å²) < 4.78 is 28.3. The SMILES string of the molecule is NC(=O)c1cncc(-n2cc(Cl)c3cc(C(=O)N4CCC(F)(F)CC4)cnc32)c1. The minimum Gasteiger partial charge on any atom is -0.366 e. The molecule has 1 aliphatic rings. The van der Waals surface area contributed by atoms with Crippen LogP contribution >= 0.6 is 11.6 Å². The Hall–Kier alpha value is -3.07. The van der Waals surface area contributed by atoms with Gasteiger partial charge in [0.1, 0.15) is 5.65 Å². The van der Waals surface area contributed by atoms with Gasteiger partial charge in [-0.15, -0.1) is 0 Å². The minimum absolute atomic E-state index is 0.00973. The predicted molar refractivity (Wildman–Crippen MR) is 102 cm³/mol. The van der Waals surface area contributed by atoms with Crippen LogP contribution in [-0.2, 0) is 0 Å². The highest BCUT2D eigenvalue weighted by Crippen LogP contribution is 2.30. The molecule has 3 aromatic rings. The van der Waals surface area contributed by atoms with E-state index in [4.69, 9.17) is 17.3 Å². The number of carbonyl (C=O) groups is 2. The van der Waals surface area contributed by atoms with Gasteiger partial charge in [0.05, 0.1) is 28.0 Å². The van der Waals surface area contributed by atoms with Gasteiger partial charge in [-0.2, -0.15) is 0 Å². The largest absolute Gasteiger partial charge is 0.366 e. The fraction of sp³-hybridized carbons (Fsp3) is 0.263. The van der Waals surface area contributed by atoms with Crippen molar-refractivity contribution < 1.29 is 18.4 Å². The van der Waals surface area contributed by atoms with E-state index in [1.54, 1.807) is 22.9 Å². The molecule has 4 heterocycles. The van der Waals surface area contributed by atoms with Gasteiger partial charge >= 0.3 is 0 Å². The number of rotatable bonds is 3. The smallest absolute Gasteiger partial charge is 0.255 e. The van der Waals surface area contributed by atoms with E-state index in [1.165, 1.54) is 23.5 Å². The van der Waals surface area contributed by atoms with Crippen molar-refractivity contribution in [1.29, 1.82) is 0 Å². The van der Waals surface area contributed by atoms with Gasteiger partial charge in [0.15, 0.2) is 0 Å². The van der Waals surface area contributed by atoms with Crippen LogP contribution in [-0.4, -0.2) is 50.3 Å². The van der Waals surface area contributed by atoms with E-state index in [2.05, 4.69) is 9.97 Å². The summed E-state index contributed by atoms with van der Waals surface area (Å²) in [6, 6.07) is 3.14. The molecule has 2 N–H and O–H groups in total. The van der Waals surface area contributed by atoms with E-state index in [-0.39, 0.29) is 43.0 Å². The van der Waals surface area contributed by atoms with Crippen LogP contribution in [0.3, 0.4) is 0 Å². The lowest BCUT2D eigenvalue weighted by molar-refractivity contribution is -0.0494. The maximum atomic E-state index is 13.3. The van der Waals surface area contributed by atoms with Crippen LogP contribution in [0, 0.1) is 0 Å². The first kappa shape index (κ1) is 19.3. The summed E-state index contributed by atoms with van der Waals surface area (Å²) in [5.41, 5.74) is 6.79. The van der Waals surface area contributed by atoms with Crippen LogP contribution in [0.25, 0.3) is 16.7 Å². The lowest BCUT2D eigenvalue weighted by Gasteiger charge is -2.31. The first-order valence-electron chi connectivity index (χ1n) is 8.84. The molecular weight excluding hydrogens is 404 g/mol. The van der Waals surface area contributed by atoms with Crippen molar-refractivity contribution in [2.75, 3.05) is 13.1 Å². The average Bonchev–Trinajstić information content (AvgIpc) is 3.03. The summed E-state index contributed by atoms with van der Waals surface area (Å²) in [6.07, 6.45) is 5.15. The van der Waals surface area contributed by atoms with Crippen molar-refractivity contribution in [1.82, 2.24) is 19.4 Å². The second-order valence-corrected chi connectivity index (χ2v) is 7.29. The number of carbonyl (C=O) groups excluding carboxylic acids is 2. The Morgan fingerprint density at radius 2 is 1.83 bits per heavy atom. The van der Waals surface area contributed by atoms with Gasteiger partial charge in [0.2, 0.25) is 5.91 Å². The third kappa shape index (κ3) is 3.65. The number of piperidine rings is 1. The van der Waals surface area contributed by atoms with Gasteiger partial charge in [-0.25, -0.2) is 13.8 Å². The van der Waals surface area contributed by atoms with E-state index in [0.717, 1.165) is 0 Å². The molecule has 0 aromatic carbocycles. The van der Waals surface area contributed by atoms with Gasteiger partial charge in [0.25, 0.3) is 11.8 Å². The number of fused-ring (bicyclic) bond motifs is 1. The number of alkyl halides is 2. The lowest BCUT2D eigenvalue weighted by Crippen LogP contribution is -2.42. The Bertz CT molecular complexity index is 1120. The highest BCUT2D eigenvalue weighted by molar-refractivity contribution is 6.35. The molecule has 1 saturated heterocycles. The summed E-state index contributed by atoms with van der Waals surface area (Å²) in [7, 11) is 0. The number of pyridine rings is 2. The molecule has 2 amide bonds. The number of halogens is 3. The van der Waals surface area contributed by atoms with Crippen molar-refractivity contribution >= 4 is 34.4 Å². The van der Waals surface area contributed by atoms with Crippen molar-refractivity contribution in [3.8, 4) is 5.69 Å². The van der Waals surface area contributed by atoms with E-state index in [9.17, 15) is 18.4 Å². The van der Waals surface area contributed by atoms with E-state index >= 15 is 0 Å². The highest BCUT2D eigenvalue weighted by atomic mass is 35.5. The summed E-state index contributed by atoms with van der Waals surface area (Å²) in [4.78, 5) is 33.8. The third-order valence-corrected chi connectivity index (χ3v) is 5.21. The number of nitrogens with zero attached hydrogens (tertiary/aromatic N) is 4. The zero-order chi connectivity index (χ0) is 20.8. The molecule has 1 aliphatic heterocycles. The van der Waals surface area contributed by atoms with Crippen LogP contribution in [0.5, 0.6) is 0 Å². The number of hydrogen-bond acceptors (Lipinski definition) is 4. The zero-order valence-electron chi connectivity index (χ0n) is 15.1. The number of aromatic nitrogens is 3. The minimum atomic E-state index is -2.73. The fourth-order valence-electron chi connectivity index (χ4n) is 3.30.